The van der Waals surface area contributed by atoms with Gasteiger partial charge >= 0.3 is 11.9 Å². The highest BCUT2D eigenvalue weighted by molar-refractivity contribution is 5.70. The lowest BCUT2D eigenvalue weighted by atomic mass is 10.0. The van der Waals surface area contributed by atoms with E-state index in [9.17, 15) is 19.5 Å². The van der Waals surface area contributed by atoms with E-state index in [1.165, 1.54) is 96.3 Å². The molecule has 0 aliphatic heterocycles. The van der Waals surface area contributed by atoms with E-state index < -0.39 is 24.3 Å². The number of unbranched alkanes of at least 4 members (excludes halogenated alkanes) is 21. The van der Waals surface area contributed by atoms with Gasteiger partial charge in [0.25, 0.3) is 0 Å². The summed E-state index contributed by atoms with van der Waals surface area (Å²) in [5, 5.41) is 11.8. The molecule has 0 aromatic rings. The third-order valence-electron chi connectivity index (χ3n) is 14.3. The Balaban J connectivity index is 4.19. The Kier molecular flexibility index (Phi) is 62.9. The molecule has 0 radical (unpaired) electrons. The third-order valence-corrected chi connectivity index (χ3v) is 14.3. The van der Waals surface area contributed by atoms with E-state index in [1.54, 1.807) is 0 Å². The van der Waals surface area contributed by atoms with Gasteiger partial charge in [0.2, 0.25) is 0 Å². The highest BCUT2D eigenvalue weighted by Gasteiger charge is 2.22. The van der Waals surface area contributed by atoms with Gasteiger partial charge in [0.1, 0.15) is 13.2 Å². The molecule has 0 fully saturated rings. The van der Waals surface area contributed by atoms with E-state index in [0.717, 1.165) is 128 Å². The number of ether oxygens (including phenoxy) is 4. The smallest absolute Gasteiger partial charge is 0.306 e. The van der Waals surface area contributed by atoms with E-state index >= 15 is 0 Å². The summed E-state index contributed by atoms with van der Waals surface area (Å²) in [4.78, 5) is 37.5. The summed E-state index contributed by atoms with van der Waals surface area (Å²) in [6.45, 7) is 4.51. The first kappa shape index (κ1) is 81.9. The van der Waals surface area contributed by atoms with Gasteiger partial charge in [-0.3, -0.25) is 9.59 Å². The van der Waals surface area contributed by atoms with Crippen LogP contribution in [0.15, 0.2) is 158 Å². The summed E-state index contributed by atoms with van der Waals surface area (Å²) in [7, 11) is 5.92. The van der Waals surface area contributed by atoms with Crippen LogP contribution in [0, 0.1) is 0 Å². The molecule has 0 aromatic carbocycles. The average molecular weight is 1210 g/mol. The summed E-state index contributed by atoms with van der Waals surface area (Å²) in [6.07, 6.45) is 96.0. The maximum atomic E-state index is 12.9. The van der Waals surface area contributed by atoms with Crippen molar-refractivity contribution in [3.05, 3.63) is 158 Å². The van der Waals surface area contributed by atoms with Crippen LogP contribution in [-0.4, -0.2) is 82.3 Å². The minimum atomic E-state index is -1.63. The number of carboxylic acids is 1. The van der Waals surface area contributed by atoms with Crippen LogP contribution in [-0.2, 0) is 33.3 Å². The van der Waals surface area contributed by atoms with E-state index in [1.807, 2.05) is 21.1 Å². The van der Waals surface area contributed by atoms with Gasteiger partial charge in [0, 0.05) is 12.8 Å². The van der Waals surface area contributed by atoms with E-state index in [2.05, 4.69) is 172 Å². The zero-order valence-electron chi connectivity index (χ0n) is 56.1. The molecule has 0 aliphatic carbocycles. The van der Waals surface area contributed by atoms with Gasteiger partial charge in [-0.1, -0.05) is 281 Å². The molecule has 0 aromatic heterocycles. The first-order valence-electron chi connectivity index (χ1n) is 34.6. The van der Waals surface area contributed by atoms with Crippen LogP contribution >= 0.6 is 0 Å². The number of carbonyl (C=O) groups is 3. The minimum absolute atomic E-state index is 0.139. The van der Waals surface area contributed by atoms with Crippen molar-refractivity contribution in [3.63, 3.8) is 0 Å². The van der Waals surface area contributed by atoms with Crippen LogP contribution < -0.4 is 5.11 Å². The number of rotatable bonds is 62. The lowest BCUT2D eigenvalue weighted by molar-refractivity contribution is -0.870. The van der Waals surface area contributed by atoms with E-state index in [4.69, 9.17) is 18.9 Å². The van der Waals surface area contributed by atoms with E-state index in [0.29, 0.717) is 17.4 Å². The molecule has 0 heterocycles. The molecule has 0 rings (SSSR count). The third kappa shape index (κ3) is 68.3. The highest BCUT2D eigenvalue weighted by Crippen LogP contribution is 2.16. The summed E-state index contributed by atoms with van der Waals surface area (Å²) < 4.78 is 22.8. The Bertz CT molecular complexity index is 1990. The van der Waals surface area contributed by atoms with Crippen LogP contribution in [0.1, 0.15) is 258 Å². The van der Waals surface area contributed by atoms with Gasteiger partial charge in [0.05, 0.1) is 40.3 Å². The van der Waals surface area contributed by atoms with Crippen LogP contribution in [0.2, 0.25) is 0 Å². The van der Waals surface area contributed by atoms with Gasteiger partial charge in [-0.15, -0.1) is 0 Å². The largest absolute Gasteiger partial charge is 0.545 e. The Morgan fingerprint density at radius 3 is 0.920 bits per heavy atom. The maximum Gasteiger partial charge on any atom is 0.306 e. The second kappa shape index (κ2) is 66.9. The molecule has 9 nitrogen and oxygen atoms in total. The number of allylic oxidation sites excluding steroid dienone is 26. The zero-order valence-corrected chi connectivity index (χ0v) is 56.1. The minimum Gasteiger partial charge on any atom is -0.545 e. The standard InChI is InChI=1S/C78H127NO8/c1-6-8-10-12-14-16-18-20-22-24-26-28-30-32-33-34-35-36-37-38-39-40-41-42-43-45-47-49-51-53-55-57-59-61-63-65-67-69-76(81)87-74(73-86-78(77(82)83)84-71-70-79(3,4)5)72-85-75(80)68-66-64-62-60-58-56-54-52-50-48-46-44-31-29-27-25-23-21-19-17-15-13-11-9-7-2/h8-11,14-17,20-23,26-29,32-33,35-36,38-39,41-42,45,47,74,78H,6-7,12-13,18-19,24-25,30-31,34,37,40,43-44,46,48-73H2,1-5H3/b10-8-,11-9-,16-14-,17-15-,22-20-,23-21-,28-26-,29-27-,33-32-,36-35-,39-38-,42-41-,47-45-. The fraction of sp³-hybridized carbons (Fsp3) is 0.628. The number of hydrogen-bond acceptors (Lipinski definition) is 8. The van der Waals surface area contributed by atoms with Crippen molar-refractivity contribution in [1.82, 2.24) is 0 Å². The predicted octanol–water partition coefficient (Wildman–Crippen LogP) is 20.4. The molecule has 0 saturated heterocycles. The SMILES string of the molecule is CC/C=C\C/C=C\C/C=C\C/C=C\C/C=C\C/C=C\C/C=C\C/C=C\C/C=C\CCCCCCCCCCCC(=O)OC(COC(=O)CCCCCCCCCCCCCC/C=C\C/C=C\C/C=C\C/C=C\CC)COC(OCC[N+](C)(C)C)C(=O)[O-]. The van der Waals surface area contributed by atoms with Gasteiger partial charge in [0.15, 0.2) is 12.4 Å². The molecule has 2 unspecified atom stereocenters. The molecule has 0 spiro atoms. The monoisotopic (exact) mass is 1210 g/mol. The molecule has 9 heteroatoms. The number of nitrogens with zero attached hydrogens (tertiary/aromatic N) is 1. The number of aliphatic carboxylic acids is 1. The van der Waals surface area contributed by atoms with Crippen LogP contribution in [0.25, 0.3) is 0 Å². The molecular formula is C78H127NO8. The van der Waals surface area contributed by atoms with Crippen molar-refractivity contribution in [2.75, 3.05) is 47.5 Å². The second-order valence-electron chi connectivity index (χ2n) is 23.7. The van der Waals surface area contributed by atoms with Crippen molar-refractivity contribution in [2.45, 2.75) is 270 Å². The number of quaternary nitrogens is 1. The normalized spacial score (nSPS) is 13.7. The Morgan fingerprint density at radius 1 is 0.345 bits per heavy atom. The summed E-state index contributed by atoms with van der Waals surface area (Å²) in [5.41, 5.74) is 0. The van der Waals surface area contributed by atoms with Crippen molar-refractivity contribution in [3.8, 4) is 0 Å². The molecule has 87 heavy (non-hydrogen) atoms. The van der Waals surface area contributed by atoms with Gasteiger partial charge in [-0.05, 0) is 122 Å². The summed E-state index contributed by atoms with van der Waals surface area (Å²) in [6, 6.07) is 0. The van der Waals surface area contributed by atoms with Crippen molar-refractivity contribution >= 4 is 17.9 Å². The van der Waals surface area contributed by atoms with Crippen molar-refractivity contribution in [1.29, 1.82) is 0 Å². The maximum absolute atomic E-state index is 12.9. The number of esters is 2. The van der Waals surface area contributed by atoms with Gasteiger partial charge in [-0.2, -0.15) is 0 Å². The topological polar surface area (TPSA) is 111 Å². The fourth-order valence-electron chi connectivity index (χ4n) is 9.05. The van der Waals surface area contributed by atoms with Crippen LogP contribution in [0.5, 0.6) is 0 Å². The highest BCUT2D eigenvalue weighted by atomic mass is 16.7. The lowest BCUT2D eigenvalue weighted by Gasteiger charge is -2.26. The molecule has 0 bridgehead atoms. The molecule has 0 amide bonds. The summed E-state index contributed by atoms with van der Waals surface area (Å²) in [5.74, 6) is -2.30. The number of carboxylic acid groups (broad SMARTS) is 1. The average Bonchev–Trinajstić information content (AvgIpc) is 3.57. The van der Waals surface area contributed by atoms with Gasteiger partial charge in [-0.25, -0.2) is 0 Å². The molecule has 0 aliphatic rings. The molecule has 0 N–H and O–H groups in total. The predicted molar refractivity (Wildman–Crippen MR) is 370 cm³/mol. The summed E-state index contributed by atoms with van der Waals surface area (Å²) >= 11 is 0. The lowest BCUT2D eigenvalue weighted by Crippen LogP contribution is -2.44. The molecule has 492 valence electrons. The van der Waals surface area contributed by atoms with E-state index in [-0.39, 0.29) is 38.6 Å². The van der Waals surface area contributed by atoms with Crippen molar-refractivity contribution in [2.24, 2.45) is 0 Å². The fourth-order valence-corrected chi connectivity index (χ4v) is 9.05. The van der Waals surface area contributed by atoms with Crippen molar-refractivity contribution < 1.29 is 42.9 Å². The quantitative estimate of drug-likeness (QED) is 0.0195. The Hall–Kier alpha value is -5.09. The second-order valence-corrected chi connectivity index (χ2v) is 23.7. The first-order chi connectivity index (χ1) is 42.6. The molecular weight excluding hydrogens is 1080 g/mol. The van der Waals surface area contributed by atoms with Crippen LogP contribution in [0.3, 0.4) is 0 Å². The number of hydrogen-bond donors (Lipinski definition) is 0. The Morgan fingerprint density at radius 2 is 0.621 bits per heavy atom. The molecule has 0 saturated carbocycles. The Labute approximate surface area is 534 Å². The number of likely N-dealkylation sites (N-methyl/N-ethyl adjacent to an activating group) is 1. The van der Waals surface area contributed by atoms with Crippen LogP contribution in [0.4, 0.5) is 0 Å². The van der Waals surface area contributed by atoms with Gasteiger partial charge < -0.3 is 33.3 Å². The first-order valence-corrected chi connectivity index (χ1v) is 34.6. The number of carbonyl (C=O) groups excluding carboxylic acids is 3. The molecule has 2 atom stereocenters. The zero-order chi connectivity index (χ0) is 63.3.